The third kappa shape index (κ3) is 1.78. The highest BCUT2D eigenvalue weighted by atomic mass is 35.5. The maximum absolute atomic E-state index is 10.4. The topological polar surface area (TPSA) is 23.5 Å². The van der Waals surface area contributed by atoms with Crippen LogP contribution in [0, 0.1) is 0 Å². The Bertz CT molecular complexity index is 342. The molecule has 1 heterocycles. The summed E-state index contributed by atoms with van der Waals surface area (Å²) in [6, 6.07) is 7.49. The van der Waals surface area contributed by atoms with Crippen LogP contribution in [0.15, 0.2) is 24.3 Å². The average molecular weight is 212 g/mol. The van der Waals surface area contributed by atoms with E-state index < -0.39 is 5.60 Å². The van der Waals surface area contributed by atoms with Gasteiger partial charge in [-0.15, -0.1) is 0 Å². The normalized spacial score (nSPS) is 28.2. The van der Waals surface area contributed by atoms with Crippen molar-refractivity contribution in [2.45, 2.75) is 12.0 Å². The smallest absolute Gasteiger partial charge is 0.103 e. The zero-order chi connectivity index (χ0) is 10.2. The number of likely N-dealkylation sites (tertiary alicyclic amines) is 1. The molecule has 3 heteroatoms. The first-order valence-electron chi connectivity index (χ1n) is 4.77. The average Bonchev–Trinajstić information content (AvgIpc) is 2.48. The first-order chi connectivity index (χ1) is 6.60. The van der Waals surface area contributed by atoms with E-state index in [0.717, 1.165) is 18.5 Å². The lowest BCUT2D eigenvalue weighted by atomic mass is 9.93. The number of hydrogen-bond donors (Lipinski definition) is 1. The molecule has 1 fully saturated rings. The van der Waals surface area contributed by atoms with Crippen LogP contribution in [0.1, 0.15) is 12.0 Å². The van der Waals surface area contributed by atoms with E-state index in [4.69, 9.17) is 11.6 Å². The fourth-order valence-corrected chi connectivity index (χ4v) is 2.18. The lowest BCUT2D eigenvalue weighted by Crippen LogP contribution is -2.29. The van der Waals surface area contributed by atoms with Crippen molar-refractivity contribution < 1.29 is 5.11 Å². The molecule has 0 radical (unpaired) electrons. The van der Waals surface area contributed by atoms with Crippen molar-refractivity contribution in [3.05, 3.63) is 34.9 Å². The summed E-state index contributed by atoms with van der Waals surface area (Å²) in [5.74, 6) is 0. The minimum absolute atomic E-state index is 0.686. The quantitative estimate of drug-likeness (QED) is 0.767. The molecule has 76 valence electrons. The predicted octanol–water partition coefficient (Wildman–Crippen LogP) is 1.86. The van der Waals surface area contributed by atoms with Gasteiger partial charge in [-0.2, -0.15) is 0 Å². The van der Waals surface area contributed by atoms with Crippen molar-refractivity contribution in [3.8, 4) is 0 Å². The zero-order valence-corrected chi connectivity index (χ0v) is 8.96. The highest BCUT2D eigenvalue weighted by Gasteiger charge is 2.35. The van der Waals surface area contributed by atoms with Gasteiger partial charge in [-0.05, 0) is 31.2 Å². The van der Waals surface area contributed by atoms with Crippen LogP contribution in [0.5, 0.6) is 0 Å². The number of benzene rings is 1. The Hall–Kier alpha value is -0.570. The van der Waals surface area contributed by atoms with Crippen molar-refractivity contribution in [3.63, 3.8) is 0 Å². The highest BCUT2D eigenvalue weighted by Crippen LogP contribution is 2.32. The van der Waals surface area contributed by atoms with E-state index >= 15 is 0 Å². The van der Waals surface area contributed by atoms with E-state index in [-0.39, 0.29) is 0 Å². The van der Waals surface area contributed by atoms with E-state index in [0.29, 0.717) is 11.6 Å². The van der Waals surface area contributed by atoms with Gasteiger partial charge in [-0.1, -0.05) is 23.7 Å². The fraction of sp³-hybridized carbons (Fsp3) is 0.455. The largest absolute Gasteiger partial charge is 0.384 e. The lowest BCUT2D eigenvalue weighted by molar-refractivity contribution is 0.0489. The Labute approximate surface area is 89.1 Å². The summed E-state index contributed by atoms with van der Waals surface area (Å²) in [6.07, 6.45) is 0.782. The van der Waals surface area contributed by atoms with E-state index in [1.165, 1.54) is 0 Å². The number of likely N-dealkylation sites (N-methyl/N-ethyl adjacent to an activating group) is 1. The van der Waals surface area contributed by atoms with Crippen LogP contribution < -0.4 is 0 Å². The Balaban J connectivity index is 2.30. The second-order valence-electron chi connectivity index (χ2n) is 4.03. The van der Waals surface area contributed by atoms with Crippen molar-refractivity contribution in [2.24, 2.45) is 0 Å². The van der Waals surface area contributed by atoms with Gasteiger partial charge >= 0.3 is 0 Å². The van der Waals surface area contributed by atoms with Crippen LogP contribution in [-0.4, -0.2) is 30.1 Å². The first-order valence-corrected chi connectivity index (χ1v) is 5.15. The van der Waals surface area contributed by atoms with Crippen molar-refractivity contribution in [1.29, 1.82) is 0 Å². The number of hydrogen-bond acceptors (Lipinski definition) is 2. The summed E-state index contributed by atoms with van der Waals surface area (Å²) in [4.78, 5) is 2.13. The van der Waals surface area contributed by atoms with Crippen LogP contribution in [0.25, 0.3) is 0 Å². The standard InChI is InChI=1S/C11H14ClNO/c1-13-6-5-11(14,8-13)9-3-2-4-10(12)7-9/h2-4,7,14H,5-6,8H2,1H3. The third-order valence-corrected chi connectivity index (χ3v) is 3.04. The number of halogens is 1. The molecule has 1 aromatic rings. The van der Waals surface area contributed by atoms with Crippen LogP contribution in [-0.2, 0) is 5.60 Å². The van der Waals surface area contributed by atoms with E-state index in [1.54, 1.807) is 0 Å². The van der Waals surface area contributed by atoms with Gasteiger partial charge in [0.1, 0.15) is 5.60 Å². The third-order valence-electron chi connectivity index (χ3n) is 2.80. The fourth-order valence-electron chi connectivity index (χ4n) is 1.99. The number of β-amino-alcohol motifs (C(OH)–C–C–N with tert-alkyl or cyclic N) is 1. The van der Waals surface area contributed by atoms with Gasteiger partial charge in [0.2, 0.25) is 0 Å². The molecule has 0 saturated carbocycles. The molecule has 1 atom stereocenters. The van der Waals surface area contributed by atoms with Crippen LogP contribution in [0.4, 0.5) is 0 Å². The molecule has 1 aliphatic rings. The van der Waals surface area contributed by atoms with Crippen molar-refractivity contribution in [1.82, 2.24) is 4.90 Å². The van der Waals surface area contributed by atoms with Crippen molar-refractivity contribution in [2.75, 3.05) is 20.1 Å². The monoisotopic (exact) mass is 211 g/mol. The summed E-state index contributed by atoms with van der Waals surface area (Å²) in [5, 5.41) is 11.0. The molecule has 1 N–H and O–H groups in total. The zero-order valence-electron chi connectivity index (χ0n) is 8.20. The summed E-state index contributed by atoms with van der Waals surface area (Å²) in [6.45, 7) is 1.62. The molecule has 2 rings (SSSR count). The molecular weight excluding hydrogens is 198 g/mol. The van der Waals surface area contributed by atoms with Crippen molar-refractivity contribution >= 4 is 11.6 Å². The molecule has 2 nitrogen and oxygen atoms in total. The number of aliphatic hydroxyl groups is 1. The molecule has 0 aliphatic carbocycles. The molecule has 1 aliphatic heterocycles. The van der Waals surface area contributed by atoms with Gasteiger partial charge in [0, 0.05) is 18.1 Å². The molecule has 1 saturated heterocycles. The molecule has 1 unspecified atom stereocenters. The van der Waals surface area contributed by atoms with E-state index in [9.17, 15) is 5.11 Å². The van der Waals surface area contributed by atoms with E-state index in [2.05, 4.69) is 4.90 Å². The second-order valence-corrected chi connectivity index (χ2v) is 4.47. The van der Waals surface area contributed by atoms with Gasteiger partial charge < -0.3 is 10.0 Å². The molecular formula is C11H14ClNO. The molecule has 0 bridgehead atoms. The molecule has 0 aromatic heterocycles. The summed E-state index contributed by atoms with van der Waals surface area (Å²) in [7, 11) is 2.02. The maximum atomic E-state index is 10.4. The number of nitrogens with zero attached hydrogens (tertiary/aromatic N) is 1. The minimum Gasteiger partial charge on any atom is -0.384 e. The van der Waals surface area contributed by atoms with Gasteiger partial charge in [0.15, 0.2) is 0 Å². The SMILES string of the molecule is CN1CCC(O)(c2cccc(Cl)c2)C1. The van der Waals surface area contributed by atoms with Gasteiger partial charge in [0.05, 0.1) is 0 Å². The second kappa shape index (κ2) is 3.54. The van der Waals surface area contributed by atoms with Crippen LogP contribution in [0.3, 0.4) is 0 Å². The van der Waals surface area contributed by atoms with Gasteiger partial charge in [-0.3, -0.25) is 0 Å². The Morgan fingerprint density at radius 2 is 2.29 bits per heavy atom. The lowest BCUT2D eigenvalue weighted by Gasteiger charge is -2.23. The van der Waals surface area contributed by atoms with Crippen LogP contribution in [0.2, 0.25) is 5.02 Å². The predicted molar refractivity (Wildman–Crippen MR) is 57.5 cm³/mol. The summed E-state index contributed by atoms with van der Waals surface area (Å²) >= 11 is 5.90. The Kier molecular flexibility index (Phi) is 2.52. The van der Waals surface area contributed by atoms with E-state index in [1.807, 2.05) is 31.3 Å². The van der Waals surface area contributed by atoms with Gasteiger partial charge in [-0.25, -0.2) is 0 Å². The first kappa shape index (κ1) is 9.97. The highest BCUT2D eigenvalue weighted by molar-refractivity contribution is 6.30. The molecule has 1 aromatic carbocycles. The Morgan fingerprint density at radius 3 is 2.86 bits per heavy atom. The Morgan fingerprint density at radius 1 is 1.50 bits per heavy atom. The minimum atomic E-state index is -0.709. The molecule has 0 spiro atoms. The molecule has 14 heavy (non-hydrogen) atoms. The van der Waals surface area contributed by atoms with Gasteiger partial charge in [0.25, 0.3) is 0 Å². The summed E-state index contributed by atoms with van der Waals surface area (Å²) in [5.41, 5.74) is 0.217. The maximum Gasteiger partial charge on any atom is 0.103 e. The number of rotatable bonds is 1. The van der Waals surface area contributed by atoms with Crippen LogP contribution >= 0.6 is 11.6 Å². The molecule has 0 amide bonds. The summed E-state index contributed by atoms with van der Waals surface area (Å²) < 4.78 is 0.